The summed E-state index contributed by atoms with van der Waals surface area (Å²) >= 11 is 0. The van der Waals surface area contributed by atoms with E-state index in [1.165, 1.54) is 29.3 Å². The van der Waals surface area contributed by atoms with E-state index < -0.39 is 0 Å². The number of fused-ring (bicyclic) bond motifs is 1. The highest BCUT2D eigenvalue weighted by Crippen LogP contribution is 2.23. The molecule has 1 unspecified atom stereocenters. The van der Waals surface area contributed by atoms with Crippen molar-refractivity contribution in [1.82, 2.24) is 9.88 Å². The number of likely N-dealkylation sites (N-methyl/N-ethyl adjacent to an activating group) is 1. The zero-order valence-corrected chi connectivity index (χ0v) is 13.0. The van der Waals surface area contributed by atoms with Crippen molar-refractivity contribution in [2.75, 3.05) is 19.7 Å². The Balaban J connectivity index is 1.74. The highest BCUT2D eigenvalue weighted by atomic mass is 16.5. The van der Waals surface area contributed by atoms with Gasteiger partial charge in [-0.15, -0.1) is 0 Å². The number of benzene rings is 1. The molecule has 3 rings (SSSR count). The van der Waals surface area contributed by atoms with Gasteiger partial charge in [0.25, 0.3) is 0 Å². The minimum atomic E-state index is 0.469. The lowest BCUT2D eigenvalue weighted by Crippen LogP contribution is -2.15. The first kappa shape index (κ1) is 14.6. The molecule has 0 aliphatic carbocycles. The van der Waals surface area contributed by atoms with E-state index in [2.05, 4.69) is 47.3 Å². The summed E-state index contributed by atoms with van der Waals surface area (Å²) in [6, 6.07) is 8.77. The minimum Gasteiger partial charge on any atom is -0.378 e. The molecule has 1 atom stereocenters. The molecule has 0 bridgehead atoms. The van der Waals surface area contributed by atoms with Gasteiger partial charge in [-0.2, -0.15) is 0 Å². The molecule has 2 heterocycles. The van der Waals surface area contributed by atoms with Crippen molar-refractivity contribution in [1.29, 1.82) is 0 Å². The van der Waals surface area contributed by atoms with E-state index in [0.29, 0.717) is 6.10 Å². The van der Waals surface area contributed by atoms with Crippen LogP contribution in [0.2, 0.25) is 0 Å². The number of rotatable bonds is 7. The predicted molar refractivity (Wildman–Crippen MR) is 87.8 cm³/mol. The summed E-state index contributed by atoms with van der Waals surface area (Å²) in [5, 5.41) is 4.82. The second-order valence-corrected chi connectivity index (χ2v) is 5.89. The second-order valence-electron chi connectivity index (χ2n) is 5.89. The number of hydrogen-bond acceptors (Lipinski definition) is 2. The zero-order valence-electron chi connectivity index (χ0n) is 13.0. The first-order valence-electron chi connectivity index (χ1n) is 8.27. The third-order valence-corrected chi connectivity index (χ3v) is 4.41. The first-order chi connectivity index (χ1) is 10.4. The summed E-state index contributed by atoms with van der Waals surface area (Å²) in [6.45, 7) is 6.26. The Morgan fingerprint density at radius 3 is 3.05 bits per heavy atom. The van der Waals surface area contributed by atoms with Gasteiger partial charge >= 0.3 is 0 Å². The molecule has 1 aromatic heterocycles. The lowest BCUT2D eigenvalue weighted by Gasteiger charge is -2.10. The van der Waals surface area contributed by atoms with Gasteiger partial charge < -0.3 is 14.6 Å². The molecule has 1 N–H and O–H groups in total. The molecule has 1 saturated heterocycles. The third-order valence-electron chi connectivity index (χ3n) is 4.41. The van der Waals surface area contributed by atoms with Crippen molar-refractivity contribution < 1.29 is 4.74 Å². The van der Waals surface area contributed by atoms with E-state index in [1.807, 2.05) is 0 Å². The smallest absolute Gasteiger partial charge is 0.0593 e. The van der Waals surface area contributed by atoms with Crippen LogP contribution in [0.4, 0.5) is 0 Å². The summed E-state index contributed by atoms with van der Waals surface area (Å²) in [4.78, 5) is 0. The lowest BCUT2D eigenvalue weighted by molar-refractivity contribution is 0.101. The second kappa shape index (κ2) is 7.10. The van der Waals surface area contributed by atoms with Crippen molar-refractivity contribution in [2.24, 2.45) is 0 Å². The van der Waals surface area contributed by atoms with E-state index in [9.17, 15) is 0 Å². The predicted octanol–water partition coefficient (Wildman–Crippen LogP) is 3.36. The Hall–Kier alpha value is -1.32. The van der Waals surface area contributed by atoms with Crippen LogP contribution in [0.25, 0.3) is 10.9 Å². The van der Waals surface area contributed by atoms with Crippen molar-refractivity contribution in [3.05, 3.63) is 36.0 Å². The molecule has 2 aromatic rings. The number of aryl methyl sites for hydroxylation is 1. The minimum absolute atomic E-state index is 0.469. The summed E-state index contributed by atoms with van der Waals surface area (Å²) in [5.41, 5.74) is 2.82. The van der Waals surface area contributed by atoms with Crippen molar-refractivity contribution in [3.8, 4) is 0 Å². The number of aromatic nitrogens is 1. The molecule has 1 aliphatic rings. The molecular weight excluding hydrogens is 260 g/mol. The van der Waals surface area contributed by atoms with Gasteiger partial charge in [0.05, 0.1) is 6.10 Å². The van der Waals surface area contributed by atoms with E-state index in [1.54, 1.807) is 0 Å². The Morgan fingerprint density at radius 1 is 1.33 bits per heavy atom. The fourth-order valence-electron chi connectivity index (χ4n) is 3.26. The topological polar surface area (TPSA) is 26.2 Å². The molecule has 1 aliphatic heterocycles. The van der Waals surface area contributed by atoms with Gasteiger partial charge in [-0.1, -0.05) is 25.1 Å². The Bertz CT molecular complexity index is 570. The first-order valence-corrected chi connectivity index (χ1v) is 8.27. The van der Waals surface area contributed by atoms with E-state index in [-0.39, 0.29) is 0 Å². The van der Waals surface area contributed by atoms with Crippen LogP contribution in [0.5, 0.6) is 0 Å². The standard InChI is InChI=1S/C18H26N2O/c1-2-19-11-9-15-14-20(12-10-16-6-5-13-21-16)18-8-4-3-7-17(15)18/h3-4,7-8,14,16,19H,2,5-6,9-13H2,1H3. The maximum Gasteiger partial charge on any atom is 0.0593 e. The maximum absolute atomic E-state index is 5.75. The molecule has 3 heteroatoms. The summed E-state index contributed by atoms with van der Waals surface area (Å²) in [7, 11) is 0. The van der Waals surface area contributed by atoms with Crippen LogP contribution < -0.4 is 5.32 Å². The van der Waals surface area contributed by atoms with Gasteiger partial charge in [0.15, 0.2) is 0 Å². The normalized spacial score (nSPS) is 18.6. The number of hydrogen-bond donors (Lipinski definition) is 1. The molecule has 0 amide bonds. The highest BCUT2D eigenvalue weighted by Gasteiger charge is 2.16. The molecule has 1 aromatic carbocycles. The molecular formula is C18H26N2O. The van der Waals surface area contributed by atoms with Gasteiger partial charge in [0.2, 0.25) is 0 Å². The Morgan fingerprint density at radius 2 is 2.24 bits per heavy atom. The zero-order chi connectivity index (χ0) is 14.5. The number of ether oxygens (including phenoxy) is 1. The lowest BCUT2D eigenvalue weighted by atomic mass is 10.1. The van der Waals surface area contributed by atoms with Crippen LogP contribution in [0.1, 0.15) is 31.7 Å². The SMILES string of the molecule is CCNCCc1cn(CCC2CCCO2)c2ccccc12. The molecule has 1 fully saturated rings. The molecule has 0 radical (unpaired) electrons. The number of nitrogens with one attached hydrogen (secondary N) is 1. The van der Waals surface area contributed by atoms with Gasteiger partial charge in [0, 0.05) is 30.3 Å². The van der Waals surface area contributed by atoms with E-state index >= 15 is 0 Å². The van der Waals surface area contributed by atoms with E-state index in [4.69, 9.17) is 4.74 Å². The quantitative estimate of drug-likeness (QED) is 0.790. The fourth-order valence-corrected chi connectivity index (χ4v) is 3.26. The highest BCUT2D eigenvalue weighted by molar-refractivity contribution is 5.84. The summed E-state index contributed by atoms with van der Waals surface area (Å²) < 4.78 is 8.16. The van der Waals surface area contributed by atoms with E-state index in [0.717, 1.165) is 39.1 Å². The Labute approximate surface area is 127 Å². The molecule has 0 spiro atoms. The molecule has 114 valence electrons. The van der Waals surface area contributed by atoms with Crippen LogP contribution in [-0.4, -0.2) is 30.4 Å². The fraction of sp³-hybridized carbons (Fsp3) is 0.556. The van der Waals surface area contributed by atoms with Gasteiger partial charge in [0.1, 0.15) is 0 Å². The van der Waals surface area contributed by atoms with Gasteiger partial charge in [-0.3, -0.25) is 0 Å². The van der Waals surface area contributed by atoms with Crippen LogP contribution >= 0.6 is 0 Å². The average molecular weight is 286 g/mol. The van der Waals surface area contributed by atoms with Crippen LogP contribution in [0, 0.1) is 0 Å². The van der Waals surface area contributed by atoms with Gasteiger partial charge in [-0.05, 0) is 50.4 Å². The number of para-hydroxylation sites is 1. The largest absolute Gasteiger partial charge is 0.378 e. The monoisotopic (exact) mass is 286 g/mol. The van der Waals surface area contributed by atoms with Crippen molar-refractivity contribution in [3.63, 3.8) is 0 Å². The molecule has 21 heavy (non-hydrogen) atoms. The summed E-state index contributed by atoms with van der Waals surface area (Å²) in [5.74, 6) is 0. The maximum atomic E-state index is 5.75. The average Bonchev–Trinajstić information content (AvgIpc) is 3.14. The van der Waals surface area contributed by atoms with Crippen molar-refractivity contribution >= 4 is 10.9 Å². The van der Waals surface area contributed by atoms with Crippen LogP contribution in [0.3, 0.4) is 0 Å². The molecule has 3 nitrogen and oxygen atoms in total. The van der Waals surface area contributed by atoms with Crippen LogP contribution in [0.15, 0.2) is 30.5 Å². The third kappa shape index (κ3) is 3.47. The Kier molecular flexibility index (Phi) is 4.94. The molecule has 0 saturated carbocycles. The van der Waals surface area contributed by atoms with Crippen LogP contribution in [-0.2, 0) is 17.7 Å². The summed E-state index contributed by atoms with van der Waals surface area (Å²) in [6.07, 6.45) is 7.50. The van der Waals surface area contributed by atoms with Crippen molar-refractivity contribution in [2.45, 2.75) is 45.3 Å². The van der Waals surface area contributed by atoms with Gasteiger partial charge in [-0.25, -0.2) is 0 Å². The number of nitrogens with zero attached hydrogens (tertiary/aromatic N) is 1.